The molecule has 9 heterocycles. The van der Waals surface area contributed by atoms with Gasteiger partial charge in [-0.1, -0.05) is 13.8 Å². The number of nitrogens with two attached hydrogens (primary N) is 6. The summed E-state index contributed by atoms with van der Waals surface area (Å²) in [7, 11) is 6.43. The van der Waals surface area contributed by atoms with Crippen LogP contribution in [0.1, 0.15) is 112 Å². The molecule has 9 aromatic rings. The minimum atomic E-state index is -0.680. The minimum absolute atomic E-state index is 0.156. The van der Waals surface area contributed by atoms with Crippen molar-refractivity contribution in [1.29, 1.82) is 0 Å². The summed E-state index contributed by atoms with van der Waals surface area (Å²) in [6, 6.07) is 24.0. The van der Waals surface area contributed by atoms with Crippen molar-refractivity contribution in [2.45, 2.75) is 105 Å². The maximum Gasteiger partial charge on any atom is 0.258 e. The second kappa shape index (κ2) is 27.9. The molecule has 1 aliphatic carbocycles. The summed E-state index contributed by atoms with van der Waals surface area (Å²) in [5.41, 5.74) is 55.8. The third-order valence-electron chi connectivity index (χ3n) is 17.4. The molecule has 0 bridgehead atoms. The molecule has 3 aliphatic heterocycles. The number of aliphatic hydroxyl groups excluding tert-OH is 1. The molecule has 0 amide bonds. The zero-order valence-electron chi connectivity index (χ0n) is 53.8. The van der Waals surface area contributed by atoms with E-state index in [1.54, 1.807) is 49.3 Å². The van der Waals surface area contributed by atoms with Crippen molar-refractivity contribution in [2.24, 2.45) is 11.8 Å². The average molecular weight is 1240 g/mol. The predicted octanol–water partition coefficient (Wildman–Crippen LogP) is 9.42. The number of pyridine rings is 3. The molecule has 1 fully saturated rings. The van der Waals surface area contributed by atoms with Gasteiger partial charge in [-0.3, -0.25) is 0 Å². The Labute approximate surface area is 537 Å². The average Bonchev–Trinajstić information content (AvgIpc) is 1.000. The maximum atomic E-state index is 9.82. The zero-order chi connectivity index (χ0) is 64.9. The summed E-state index contributed by atoms with van der Waals surface area (Å²) in [4.78, 5) is 46.3. The minimum Gasteiger partial charge on any atom is -0.467 e. The van der Waals surface area contributed by atoms with Gasteiger partial charge in [0.15, 0.2) is 17.5 Å². The number of aliphatic hydroxyl groups is 1. The highest BCUT2D eigenvalue weighted by Gasteiger charge is 2.36. The van der Waals surface area contributed by atoms with Crippen molar-refractivity contribution in [1.82, 2.24) is 59.6 Å². The van der Waals surface area contributed by atoms with Gasteiger partial charge >= 0.3 is 0 Å². The third kappa shape index (κ3) is 15.1. The molecule has 3 unspecified atom stereocenters. The van der Waals surface area contributed by atoms with Crippen LogP contribution in [-0.2, 0) is 38.9 Å². The molecule has 22 nitrogen and oxygen atoms in total. The van der Waals surface area contributed by atoms with Crippen LogP contribution >= 0.6 is 0 Å². The first kappa shape index (κ1) is 63.9. The van der Waals surface area contributed by atoms with Crippen molar-refractivity contribution >= 4 is 34.9 Å². The van der Waals surface area contributed by atoms with Gasteiger partial charge in [0.05, 0.1) is 42.3 Å². The van der Waals surface area contributed by atoms with E-state index in [0.29, 0.717) is 52.2 Å². The number of hydrogen-bond acceptors (Lipinski definition) is 22. The number of hydrogen-bond donors (Lipinski definition) is 7. The van der Waals surface area contributed by atoms with Gasteiger partial charge in [0.2, 0.25) is 0 Å². The molecule has 92 heavy (non-hydrogen) atoms. The Morgan fingerprint density at radius 2 is 0.848 bits per heavy atom. The lowest BCUT2D eigenvalue weighted by molar-refractivity contribution is 0.112. The Hall–Kier alpha value is -9.61. The van der Waals surface area contributed by atoms with E-state index in [1.165, 1.54) is 50.1 Å². The lowest BCUT2D eigenvalue weighted by atomic mass is 9.92. The molecule has 0 saturated heterocycles. The van der Waals surface area contributed by atoms with Crippen LogP contribution in [0.15, 0.2) is 110 Å². The summed E-state index contributed by atoms with van der Waals surface area (Å²) < 4.78 is 18.5. The highest BCUT2D eigenvalue weighted by molar-refractivity contribution is 5.67. The van der Waals surface area contributed by atoms with E-state index >= 15 is 0 Å². The molecule has 478 valence electrons. The molecule has 0 spiro atoms. The second-order valence-electron chi connectivity index (χ2n) is 25.1. The number of likely N-dealkylation sites (N-methyl/N-ethyl adjacent to an activating group) is 3. The fourth-order valence-corrected chi connectivity index (χ4v) is 12.4. The first-order chi connectivity index (χ1) is 44.2. The Morgan fingerprint density at radius 3 is 1.24 bits per heavy atom. The van der Waals surface area contributed by atoms with Gasteiger partial charge in [-0.15, -0.1) is 0 Å². The van der Waals surface area contributed by atoms with E-state index in [9.17, 15) is 5.11 Å². The van der Waals surface area contributed by atoms with Crippen LogP contribution in [0.3, 0.4) is 0 Å². The topological polar surface area (TPSA) is 330 Å². The molecule has 3 aromatic carbocycles. The quantitative estimate of drug-likeness (QED) is 0.0502. The lowest BCUT2D eigenvalue weighted by Crippen LogP contribution is -2.27. The van der Waals surface area contributed by atoms with E-state index in [0.717, 1.165) is 111 Å². The monoisotopic (exact) mass is 1240 g/mol. The van der Waals surface area contributed by atoms with Crippen molar-refractivity contribution in [2.75, 3.05) is 81.8 Å². The number of rotatable bonds is 15. The van der Waals surface area contributed by atoms with Crippen LogP contribution in [0.25, 0.3) is 33.8 Å². The number of benzene rings is 3. The number of ether oxygens (including phenoxy) is 3. The van der Waals surface area contributed by atoms with Gasteiger partial charge in [0.1, 0.15) is 35.8 Å². The number of nitrogen functional groups attached to an aromatic ring is 6. The van der Waals surface area contributed by atoms with E-state index in [-0.39, 0.29) is 42.2 Å². The standard InChI is InChI=1S/C24H28N6O.C24H30N6O.C22H26N6O2/c1-14-9-17(10-18-13-30(2)8-6-19(14)18)20-12-28-23(26)24(29-20)31-22(15-3-4-15)16-5-7-27-21(25)11-16;1-14(2)22(16-5-7-27-21(25)11-16)31-24-23(26)28-12-20(29-24)17-9-15(3)19-6-8-30(4)13-18(19)10-17;1-13-7-15(8-16-11-28(2)6-4-17(13)16)18-10-26-21(24)22(27-18)30-19(12-29)14-3-5-25-20(23)9-14/h5,7,9-12,15,22H,3-4,6,8,13H2,1-2H3,(H2,25,27)(H2,26,28);5,7,9-12,14,22H,6,8,13H2,1-4H3,(H2,25,27)(H2,26,28);3,5,7-10,19,29H,4,6,11-12H2,1-2H3,(H2,23,25)(H2,24,26). The van der Waals surface area contributed by atoms with E-state index in [4.69, 9.17) is 58.6 Å². The Balaban J connectivity index is 0.000000141. The molecule has 0 radical (unpaired) electrons. The first-order valence-corrected chi connectivity index (χ1v) is 31.3. The molecular formula is C70H84N18O4. The van der Waals surface area contributed by atoms with E-state index in [1.807, 2.05) is 24.3 Å². The molecular weight excluding hydrogens is 1160 g/mol. The molecule has 3 atom stereocenters. The van der Waals surface area contributed by atoms with Crippen LogP contribution in [0.2, 0.25) is 0 Å². The van der Waals surface area contributed by atoms with Gasteiger partial charge in [-0.25, -0.2) is 44.9 Å². The van der Waals surface area contributed by atoms with Crippen LogP contribution in [0, 0.1) is 32.6 Å². The van der Waals surface area contributed by atoms with Gasteiger partial charge < -0.3 is 68.4 Å². The Kier molecular flexibility index (Phi) is 19.4. The van der Waals surface area contributed by atoms with Gasteiger partial charge in [-0.05, 0) is 219 Å². The highest BCUT2D eigenvalue weighted by atomic mass is 16.5. The normalized spacial score (nSPS) is 15.7. The Morgan fingerprint density at radius 1 is 0.478 bits per heavy atom. The Bertz CT molecular complexity index is 3960. The van der Waals surface area contributed by atoms with Crippen molar-refractivity contribution < 1.29 is 19.3 Å². The number of aryl methyl sites for hydroxylation is 3. The fourth-order valence-electron chi connectivity index (χ4n) is 12.4. The fraction of sp³-hybridized carbons (Fsp3) is 0.357. The molecule has 13 N–H and O–H groups in total. The summed E-state index contributed by atoms with van der Waals surface area (Å²) >= 11 is 0. The van der Waals surface area contributed by atoms with Crippen molar-refractivity contribution in [3.05, 3.63) is 177 Å². The highest BCUT2D eigenvalue weighted by Crippen LogP contribution is 2.45. The molecule has 22 heteroatoms. The van der Waals surface area contributed by atoms with E-state index < -0.39 is 6.10 Å². The van der Waals surface area contributed by atoms with Gasteiger partial charge in [0.25, 0.3) is 17.6 Å². The molecule has 13 rings (SSSR count). The largest absolute Gasteiger partial charge is 0.467 e. The number of fused-ring (bicyclic) bond motifs is 3. The third-order valence-corrected chi connectivity index (χ3v) is 17.4. The summed E-state index contributed by atoms with van der Waals surface area (Å²) in [5.74, 6) is 3.48. The predicted molar refractivity (Wildman–Crippen MR) is 361 cm³/mol. The van der Waals surface area contributed by atoms with Gasteiger partial charge in [0, 0.05) is 80.5 Å². The summed E-state index contributed by atoms with van der Waals surface area (Å²) in [6.45, 7) is 16.4. The van der Waals surface area contributed by atoms with Crippen LogP contribution in [0.5, 0.6) is 17.6 Å². The number of anilines is 6. The number of aromatic nitrogens is 9. The summed E-state index contributed by atoms with van der Waals surface area (Å²) in [5, 5.41) is 9.82. The molecule has 1 saturated carbocycles. The zero-order valence-corrected chi connectivity index (χ0v) is 53.8. The smallest absolute Gasteiger partial charge is 0.258 e. The van der Waals surface area contributed by atoms with Crippen molar-refractivity contribution in [3.63, 3.8) is 0 Å². The van der Waals surface area contributed by atoms with E-state index in [2.05, 4.69) is 142 Å². The van der Waals surface area contributed by atoms with Crippen LogP contribution in [-0.4, -0.2) is 112 Å². The second-order valence-corrected chi connectivity index (χ2v) is 25.1. The SMILES string of the molecule is Cc1cc(-c2cnc(N)c(OC(CO)c3ccnc(N)c3)n2)cc2c1CCN(C)C2.Cc1cc(-c2cnc(N)c(OC(c3ccnc(N)c3)C(C)C)n2)cc2c1CCN(C)C2.Cc1cc(-c2cnc(N)c(OC(c3ccnc(N)c3)C3CC3)n2)cc2c1CCN(C)C2. The summed E-state index contributed by atoms with van der Waals surface area (Å²) in [6.07, 6.45) is 14.4. The first-order valence-electron chi connectivity index (χ1n) is 31.3. The molecule has 6 aromatic heterocycles. The number of nitrogens with zero attached hydrogens (tertiary/aromatic N) is 12. The van der Waals surface area contributed by atoms with Crippen LogP contribution < -0.4 is 48.6 Å². The van der Waals surface area contributed by atoms with Gasteiger partial charge in [-0.2, -0.15) is 0 Å². The molecule has 4 aliphatic rings. The maximum absolute atomic E-state index is 9.82. The lowest BCUT2D eigenvalue weighted by Gasteiger charge is -2.27. The van der Waals surface area contributed by atoms with Crippen LogP contribution in [0.4, 0.5) is 34.9 Å². The van der Waals surface area contributed by atoms with Crippen molar-refractivity contribution in [3.8, 4) is 51.4 Å².